The van der Waals surface area contributed by atoms with Crippen molar-refractivity contribution in [3.8, 4) is 0 Å². The molecule has 1 aliphatic rings. The highest BCUT2D eigenvalue weighted by molar-refractivity contribution is 5.72. The van der Waals surface area contributed by atoms with Gasteiger partial charge in [-0.2, -0.15) is 0 Å². The molecule has 1 saturated heterocycles. The van der Waals surface area contributed by atoms with Gasteiger partial charge in [-0.15, -0.1) is 0 Å². The number of piperidine rings is 1. The Kier molecular flexibility index (Phi) is 4.86. The Balaban J connectivity index is 2.57. The van der Waals surface area contributed by atoms with Gasteiger partial charge in [-0.1, -0.05) is 6.92 Å². The zero-order valence-electron chi connectivity index (χ0n) is 10.5. The van der Waals surface area contributed by atoms with E-state index in [2.05, 4.69) is 5.32 Å². The van der Waals surface area contributed by atoms with Crippen molar-refractivity contribution in [1.29, 1.82) is 0 Å². The zero-order valence-corrected chi connectivity index (χ0v) is 10.5. The van der Waals surface area contributed by atoms with E-state index in [1.807, 2.05) is 13.8 Å². The van der Waals surface area contributed by atoms with Crippen molar-refractivity contribution in [2.75, 3.05) is 6.61 Å². The lowest BCUT2D eigenvalue weighted by Crippen LogP contribution is -2.52. The number of hydrogen-bond acceptors (Lipinski definition) is 5. The molecule has 1 aliphatic heterocycles. The fourth-order valence-corrected chi connectivity index (χ4v) is 2.41. The minimum atomic E-state index is -0.685. The first-order valence-corrected chi connectivity index (χ1v) is 6.03. The Morgan fingerprint density at radius 2 is 2.24 bits per heavy atom. The summed E-state index contributed by atoms with van der Waals surface area (Å²) in [5.74, 6) is -0.332. The number of carbonyl (C=O) groups excluding carboxylic acids is 1. The van der Waals surface area contributed by atoms with E-state index in [4.69, 9.17) is 4.74 Å². The maximum atomic E-state index is 11.6. The van der Waals surface area contributed by atoms with Crippen molar-refractivity contribution in [1.82, 2.24) is 5.32 Å². The third-order valence-electron chi connectivity index (χ3n) is 3.43. The van der Waals surface area contributed by atoms with Crippen LogP contribution in [0.2, 0.25) is 0 Å². The number of esters is 1. The van der Waals surface area contributed by atoms with Crippen molar-refractivity contribution in [3.63, 3.8) is 0 Å². The van der Waals surface area contributed by atoms with Crippen LogP contribution in [0.3, 0.4) is 0 Å². The monoisotopic (exact) mass is 244 g/mol. The molecule has 0 aromatic heterocycles. The van der Waals surface area contributed by atoms with Crippen LogP contribution in [-0.2, 0) is 9.53 Å². The molecule has 4 unspecified atom stereocenters. The van der Waals surface area contributed by atoms with Crippen LogP contribution in [0.25, 0.3) is 0 Å². The number of hydrogen-bond donors (Lipinski definition) is 1. The number of nitro groups is 1. The fourth-order valence-electron chi connectivity index (χ4n) is 2.41. The fraction of sp³-hybridized carbons (Fsp3) is 0.909. The zero-order chi connectivity index (χ0) is 13.0. The van der Waals surface area contributed by atoms with Crippen LogP contribution < -0.4 is 5.32 Å². The van der Waals surface area contributed by atoms with E-state index in [0.29, 0.717) is 19.4 Å². The molecule has 1 rings (SSSR count). The summed E-state index contributed by atoms with van der Waals surface area (Å²) in [4.78, 5) is 22.0. The molecule has 0 amide bonds. The van der Waals surface area contributed by atoms with Gasteiger partial charge in [-0.3, -0.25) is 20.2 Å². The maximum Gasteiger partial charge on any atom is 0.308 e. The number of ether oxygens (including phenoxy) is 1. The Morgan fingerprint density at radius 1 is 1.59 bits per heavy atom. The van der Waals surface area contributed by atoms with E-state index in [-0.39, 0.29) is 28.8 Å². The van der Waals surface area contributed by atoms with Crippen LogP contribution >= 0.6 is 0 Å². The van der Waals surface area contributed by atoms with Gasteiger partial charge in [0.1, 0.15) is 0 Å². The second-order valence-electron chi connectivity index (χ2n) is 4.54. The van der Waals surface area contributed by atoms with Gasteiger partial charge in [0.25, 0.3) is 6.17 Å². The smallest absolute Gasteiger partial charge is 0.308 e. The van der Waals surface area contributed by atoms with Gasteiger partial charge in [-0.05, 0) is 26.2 Å². The van der Waals surface area contributed by atoms with E-state index in [9.17, 15) is 14.9 Å². The molecule has 1 N–H and O–H groups in total. The quantitative estimate of drug-likeness (QED) is 0.456. The van der Waals surface area contributed by atoms with Gasteiger partial charge in [0.15, 0.2) is 0 Å². The first kappa shape index (κ1) is 13.9. The lowest BCUT2D eigenvalue weighted by atomic mass is 9.81. The first-order chi connectivity index (χ1) is 7.97. The normalized spacial score (nSPS) is 30.6. The minimum Gasteiger partial charge on any atom is -0.466 e. The molecule has 17 heavy (non-hydrogen) atoms. The van der Waals surface area contributed by atoms with Gasteiger partial charge in [-0.25, -0.2) is 0 Å². The summed E-state index contributed by atoms with van der Waals surface area (Å²) in [6, 6.07) is -0.0430. The number of nitrogens with zero attached hydrogens (tertiary/aromatic N) is 1. The van der Waals surface area contributed by atoms with Crippen LogP contribution in [0, 0.1) is 22.0 Å². The second-order valence-corrected chi connectivity index (χ2v) is 4.54. The first-order valence-electron chi connectivity index (χ1n) is 6.03. The summed E-state index contributed by atoms with van der Waals surface area (Å²) in [5, 5.41) is 13.6. The molecule has 1 fully saturated rings. The lowest BCUT2D eigenvalue weighted by molar-refractivity contribution is -0.534. The summed E-state index contributed by atoms with van der Waals surface area (Å²) in [5.41, 5.74) is 0. The Labute approximate surface area is 101 Å². The third-order valence-corrected chi connectivity index (χ3v) is 3.43. The summed E-state index contributed by atoms with van der Waals surface area (Å²) < 4.78 is 4.98. The van der Waals surface area contributed by atoms with Crippen LogP contribution in [0.15, 0.2) is 0 Å². The molecular formula is C11H20N2O4. The highest BCUT2D eigenvalue weighted by Crippen LogP contribution is 2.27. The lowest BCUT2D eigenvalue weighted by Gasteiger charge is -2.34. The van der Waals surface area contributed by atoms with Crippen molar-refractivity contribution in [2.24, 2.45) is 11.8 Å². The van der Waals surface area contributed by atoms with Gasteiger partial charge < -0.3 is 4.74 Å². The molecule has 4 atom stereocenters. The molecule has 0 spiro atoms. The van der Waals surface area contributed by atoms with Crippen molar-refractivity contribution >= 4 is 5.97 Å². The average Bonchev–Trinajstić information content (AvgIpc) is 2.28. The largest absolute Gasteiger partial charge is 0.466 e. The predicted octanol–water partition coefficient (Wildman–Crippen LogP) is 1.18. The molecular weight excluding hydrogens is 224 g/mol. The molecule has 6 nitrogen and oxygen atoms in total. The predicted molar refractivity (Wildman–Crippen MR) is 61.9 cm³/mol. The molecule has 0 saturated carbocycles. The Morgan fingerprint density at radius 3 is 2.71 bits per heavy atom. The molecule has 0 aromatic rings. The number of rotatable bonds is 4. The SMILES string of the molecule is CCOC(=O)C(C)C1CCC([N+](=O)[O-])NC1C. The summed E-state index contributed by atoms with van der Waals surface area (Å²) in [6.07, 6.45) is 0.460. The van der Waals surface area contributed by atoms with Crippen LogP contribution in [0.5, 0.6) is 0 Å². The van der Waals surface area contributed by atoms with E-state index < -0.39 is 6.17 Å². The van der Waals surface area contributed by atoms with Crippen LogP contribution in [-0.4, -0.2) is 29.7 Å². The topological polar surface area (TPSA) is 81.5 Å². The van der Waals surface area contributed by atoms with Gasteiger partial charge in [0.2, 0.25) is 0 Å². The van der Waals surface area contributed by atoms with Crippen LogP contribution in [0.1, 0.15) is 33.6 Å². The highest BCUT2D eigenvalue weighted by Gasteiger charge is 2.38. The average molecular weight is 244 g/mol. The summed E-state index contributed by atoms with van der Waals surface area (Å²) in [7, 11) is 0. The van der Waals surface area contributed by atoms with Crippen molar-refractivity contribution in [3.05, 3.63) is 10.1 Å². The molecule has 0 bridgehead atoms. The molecule has 0 aliphatic carbocycles. The van der Waals surface area contributed by atoms with Gasteiger partial charge in [0, 0.05) is 17.4 Å². The van der Waals surface area contributed by atoms with E-state index >= 15 is 0 Å². The number of carbonyl (C=O) groups is 1. The van der Waals surface area contributed by atoms with E-state index in [1.165, 1.54) is 0 Å². The number of nitrogens with one attached hydrogen (secondary N) is 1. The molecule has 0 aromatic carbocycles. The molecule has 0 radical (unpaired) electrons. The second kappa shape index (κ2) is 5.95. The molecule has 98 valence electrons. The van der Waals surface area contributed by atoms with E-state index in [0.717, 1.165) is 0 Å². The maximum absolute atomic E-state index is 11.6. The summed E-state index contributed by atoms with van der Waals surface area (Å²) in [6.45, 7) is 5.86. The molecule has 6 heteroatoms. The minimum absolute atomic E-state index is 0.0430. The summed E-state index contributed by atoms with van der Waals surface area (Å²) >= 11 is 0. The molecule has 1 heterocycles. The van der Waals surface area contributed by atoms with Crippen molar-refractivity contribution in [2.45, 2.75) is 45.8 Å². The van der Waals surface area contributed by atoms with Crippen molar-refractivity contribution < 1.29 is 14.5 Å². The van der Waals surface area contributed by atoms with Gasteiger partial charge >= 0.3 is 5.97 Å². The Hall–Kier alpha value is -1.17. The van der Waals surface area contributed by atoms with Crippen LogP contribution in [0.4, 0.5) is 0 Å². The highest BCUT2D eigenvalue weighted by atomic mass is 16.6. The third kappa shape index (κ3) is 3.39. The van der Waals surface area contributed by atoms with Gasteiger partial charge in [0.05, 0.1) is 12.5 Å². The van der Waals surface area contributed by atoms with E-state index in [1.54, 1.807) is 6.92 Å². The Bertz CT molecular complexity index is 295. The standard InChI is InChI=1S/C11H20N2O4/c1-4-17-11(14)7(2)9-5-6-10(13(15)16)12-8(9)3/h7-10,12H,4-6H2,1-3H3.